The molecule has 2 aromatic rings. The molecule has 9 heteroatoms. The predicted molar refractivity (Wildman–Crippen MR) is 104 cm³/mol. The van der Waals surface area contributed by atoms with Crippen molar-refractivity contribution < 1.29 is 22.0 Å². The monoisotopic (exact) mass is 428 g/mol. The molecule has 152 valence electrons. The molecular weight excluding hydrogens is 406 g/mol. The van der Waals surface area contributed by atoms with Gasteiger partial charge in [-0.1, -0.05) is 13.3 Å². The SMILES string of the molecule is CCCc1cc(C(=O)N2CCN(S(=O)(=O)c3ccc(F)cc3F)CC2)sc1C. The van der Waals surface area contributed by atoms with Crippen molar-refractivity contribution >= 4 is 27.3 Å². The highest BCUT2D eigenvalue weighted by Crippen LogP contribution is 2.26. The molecule has 0 saturated carbocycles. The standard InChI is InChI=1S/C19H22F2N2O3S2/c1-3-4-14-11-17(27-13(14)2)19(24)22-7-9-23(10-8-22)28(25,26)18-6-5-15(20)12-16(18)21/h5-6,11-12H,3-4,7-10H2,1-2H3. The third-order valence-corrected chi connectivity index (χ3v) is 7.80. The van der Waals surface area contributed by atoms with Gasteiger partial charge in [-0.2, -0.15) is 4.31 Å². The molecule has 0 bridgehead atoms. The molecule has 0 N–H and O–H groups in total. The number of thiophene rings is 1. The molecule has 1 amide bonds. The Balaban J connectivity index is 1.70. The van der Waals surface area contributed by atoms with E-state index in [0.717, 1.165) is 34.2 Å². The third kappa shape index (κ3) is 4.11. The van der Waals surface area contributed by atoms with Crippen LogP contribution in [-0.2, 0) is 16.4 Å². The topological polar surface area (TPSA) is 57.7 Å². The van der Waals surface area contributed by atoms with Gasteiger partial charge in [0.05, 0.1) is 4.88 Å². The summed E-state index contributed by atoms with van der Waals surface area (Å²) in [6, 6.07) is 4.33. The van der Waals surface area contributed by atoms with Crippen LogP contribution >= 0.6 is 11.3 Å². The Morgan fingerprint density at radius 1 is 1.14 bits per heavy atom. The Morgan fingerprint density at radius 3 is 2.43 bits per heavy atom. The first-order chi connectivity index (χ1) is 13.2. The fourth-order valence-corrected chi connectivity index (χ4v) is 5.76. The van der Waals surface area contributed by atoms with Crippen LogP contribution in [0.2, 0.25) is 0 Å². The number of carbonyl (C=O) groups is 1. The normalized spacial score (nSPS) is 15.8. The third-order valence-electron chi connectivity index (χ3n) is 4.79. The Kier molecular flexibility index (Phi) is 6.16. The number of piperazine rings is 1. The quantitative estimate of drug-likeness (QED) is 0.733. The number of benzene rings is 1. The molecule has 1 aliphatic rings. The summed E-state index contributed by atoms with van der Waals surface area (Å²) < 4.78 is 53.4. The van der Waals surface area contributed by atoms with Gasteiger partial charge in [-0.05, 0) is 37.1 Å². The van der Waals surface area contributed by atoms with Crippen molar-refractivity contribution in [1.29, 1.82) is 0 Å². The Labute approximate surface area is 167 Å². The number of nitrogens with zero attached hydrogens (tertiary/aromatic N) is 2. The summed E-state index contributed by atoms with van der Waals surface area (Å²) in [6.45, 7) is 4.66. The summed E-state index contributed by atoms with van der Waals surface area (Å²) in [5.41, 5.74) is 1.17. The predicted octanol–water partition coefficient (Wildman–Crippen LogP) is 3.43. The summed E-state index contributed by atoms with van der Waals surface area (Å²) >= 11 is 1.45. The fourth-order valence-electron chi connectivity index (χ4n) is 3.25. The second-order valence-corrected chi connectivity index (χ2v) is 9.88. The first-order valence-electron chi connectivity index (χ1n) is 9.07. The van der Waals surface area contributed by atoms with Crippen molar-refractivity contribution in [2.75, 3.05) is 26.2 Å². The second-order valence-electron chi connectivity index (χ2n) is 6.71. The van der Waals surface area contributed by atoms with Crippen LogP contribution in [0.4, 0.5) is 8.78 Å². The van der Waals surface area contributed by atoms with E-state index in [1.807, 2.05) is 13.0 Å². The van der Waals surface area contributed by atoms with Gasteiger partial charge >= 0.3 is 0 Å². The lowest BCUT2D eigenvalue weighted by Crippen LogP contribution is -2.50. The maximum atomic E-state index is 13.9. The Bertz CT molecular complexity index is 981. The molecule has 0 radical (unpaired) electrons. The zero-order valence-corrected chi connectivity index (χ0v) is 17.4. The van der Waals surface area contributed by atoms with E-state index in [1.54, 1.807) is 4.90 Å². The molecule has 1 saturated heterocycles. The summed E-state index contributed by atoms with van der Waals surface area (Å²) in [5, 5.41) is 0. The van der Waals surface area contributed by atoms with Gasteiger partial charge in [-0.3, -0.25) is 4.79 Å². The molecule has 5 nitrogen and oxygen atoms in total. The van der Waals surface area contributed by atoms with Gasteiger partial charge in [0.2, 0.25) is 10.0 Å². The minimum absolute atomic E-state index is 0.0665. The zero-order valence-electron chi connectivity index (χ0n) is 15.7. The van der Waals surface area contributed by atoms with Crippen LogP contribution in [0.25, 0.3) is 0 Å². The summed E-state index contributed by atoms with van der Waals surface area (Å²) in [4.78, 5) is 15.6. The van der Waals surface area contributed by atoms with Crippen LogP contribution in [0, 0.1) is 18.6 Å². The van der Waals surface area contributed by atoms with E-state index in [4.69, 9.17) is 0 Å². The molecule has 2 heterocycles. The highest BCUT2D eigenvalue weighted by Gasteiger charge is 2.32. The summed E-state index contributed by atoms with van der Waals surface area (Å²) in [5.74, 6) is -2.06. The van der Waals surface area contributed by atoms with Crippen LogP contribution in [0.3, 0.4) is 0 Å². The van der Waals surface area contributed by atoms with Crippen molar-refractivity contribution in [3.63, 3.8) is 0 Å². The lowest BCUT2D eigenvalue weighted by atomic mass is 10.1. The lowest BCUT2D eigenvalue weighted by Gasteiger charge is -2.33. The molecule has 3 rings (SSSR count). The van der Waals surface area contributed by atoms with Gasteiger partial charge in [0.1, 0.15) is 16.5 Å². The second kappa shape index (κ2) is 8.26. The average Bonchev–Trinajstić information content (AvgIpc) is 3.02. The minimum Gasteiger partial charge on any atom is -0.335 e. The first-order valence-corrected chi connectivity index (χ1v) is 11.3. The van der Waals surface area contributed by atoms with Gasteiger partial charge in [-0.25, -0.2) is 17.2 Å². The highest BCUT2D eigenvalue weighted by molar-refractivity contribution is 7.89. The van der Waals surface area contributed by atoms with E-state index in [1.165, 1.54) is 16.9 Å². The number of sulfonamides is 1. The summed E-state index contributed by atoms with van der Waals surface area (Å²) in [7, 11) is -4.08. The molecule has 1 aromatic heterocycles. The number of carbonyl (C=O) groups excluding carboxylic acids is 1. The van der Waals surface area contributed by atoms with Gasteiger partial charge in [0, 0.05) is 37.1 Å². The van der Waals surface area contributed by atoms with E-state index < -0.39 is 26.6 Å². The molecule has 0 spiro atoms. The fraction of sp³-hybridized carbons (Fsp3) is 0.421. The van der Waals surface area contributed by atoms with Crippen LogP contribution in [0.15, 0.2) is 29.2 Å². The number of rotatable bonds is 5. The Hall–Kier alpha value is -1.84. The molecule has 28 heavy (non-hydrogen) atoms. The minimum atomic E-state index is -4.08. The van der Waals surface area contributed by atoms with Crippen LogP contribution < -0.4 is 0 Å². The van der Waals surface area contributed by atoms with E-state index >= 15 is 0 Å². The average molecular weight is 429 g/mol. The number of aryl methyl sites for hydroxylation is 2. The van der Waals surface area contributed by atoms with Crippen molar-refractivity contribution in [2.24, 2.45) is 0 Å². The molecule has 1 fully saturated rings. The maximum absolute atomic E-state index is 13.9. The number of hydrogen-bond donors (Lipinski definition) is 0. The van der Waals surface area contributed by atoms with E-state index in [2.05, 4.69) is 6.92 Å². The van der Waals surface area contributed by atoms with E-state index in [-0.39, 0.29) is 32.1 Å². The number of amides is 1. The van der Waals surface area contributed by atoms with E-state index in [0.29, 0.717) is 10.9 Å². The van der Waals surface area contributed by atoms with Gasteiger partial charge in [-0.15, -0.1) is 11.3 Å². The molecule has 0 atom stereocenters. The molecule has 1 aliphatic heterocycles. The van der Waals surface area contributed by atoms with E-state index in [9.17, 15) is 22.0 Å². The highest BCUT2D eigenvalue weighted by atomic mass is 32.2. The summed E-state index contributed by atoms with van der Waals surface area (Å²) in [6.07, 6.45) is 1.92. The van der Waals surface area contributed by atoms with Gasteiger partial charge < -0.3 is 4.90 Å². The molecule has 0 unspecified atom stereocenters. The smallest absolute Gasteiger partial charge is 0.264 e. The maximum Gasteiger partial charge on any atom is 0.264 e. The van der Waals surface area contributed by atoms with Gasteiger partial charge in [0.15, 0.2) is 0 Å². The zero-order chi connectivity index (χ0) is 20.5. The van der Waals surface area contributed by atoms with Crippen LogP contribution in [-0.4, -0.2) is 49.7 Å². The lowest BCUT2D eigenvalue weighted by molar-refractivity contribution is 0.0702. The van der Waals surface area contributed by atoms with Gasteiger partial charge in [0.25, 0.3) is 5.91 Å². The number of halogens is 2. The van der Waals surface area contributed by atoms with Crippen molar-refractivity contribution in [3.8, 4) is 0 Å². The molecule has 1 aromatic carbocycles. The molecular formula is C19H22F2N2O3S2. The van der Waals surface area contributed by atoms with Crippen LogP contribution in [0.5, 0.6) is 0 Å². The van der Waals surface area contributed by atoms with Crippen LogP contribution in [0.1, 0.15) is 33.5 Å². The van der Waals surface area contributed by atoms with Crippen molar-refractivity contribution in [1.82, 2.24) is 9.21 Å². The van der Waals surface area contributed by atoms with Crippen molar-refractivity contribution in [3.05, 3.63) is 51.2 Å². The molecule has 0 aliphatic carbocycles. The number of hydrogen-bond acceptors (Lipinski definition) is 4. The first kappa shape index (κ1) is 20.9. The van der Waals surface area contributed by atoms with Crippen molar-refractivity contribution in [2.45, 2.75) is 31.6 Å². The Morgan fingerprint density at radius 2 is 1.82 bits per heavy atom. The largest absolute Gasteiger partial charge is 0.335 e.